The lowest BCUT2D eigenvalue weighted by atomic mass is 10.1. The van der Waals surface area contributed by atoms with E-state index in [1.54, 1.807) is 7.11 Å². The van der Waals surface area contributed by atoms with Crippen molar-refractivity contribution in [3.8, 4) is 0 Å². The largest absolute Gasteiger partial charge is 0.409 e. The van der Waals surface area contributed by atoms with Crippen molar-refractivity contribution in [2.45, 2.75) is 33.2 Å². The quantitative estimate of drug-likeness (QED) is 0.284. The Bertz CT molecular complexity index is 209. The van der Waals surface area contributed by atoms with E-state index in [0.29, 0.717) is 6.04 Å². The smallest absolute Gasteiger partial charge is 0.143 e. The number of hydrogen-bond acceptors (Lipinski definition) is 4. The highest BCUT2D eigenvalue weighted by molar-refractivity contribution is 5.82. The van der Waals surface area contributed by atoms with Gasteiger partial charge in [0.2, 0.25) is 0 Å². The van der Waals surface area contributed by atoms with Crippen LogP contribution in [0.4, 0.5) is 0 Å². The molecule has 3 N–H and O–H groups in total. The van der Waals surface area contributed by atoms with Crippen LogP contribution in [0.1, 0.15) is 27.2 Å². The van der Waals surface area contributed by atoms with Crippen LogP contribution in [0.3, 0.4) is 0 Å². The van der Waals surface area contributed by atoms with E-state index < -0.39 is 0 Å². The summed E-state index contributed by atoms with van der Waals surface area (Å²) in [5, 5.41) is 11.6. The van der Waals surface area contributed by atoms with Gasteiger partial charge in [-0.05, 0) is 19.9 Å². The topological polar surface area (TPSA) is 71.1 Å². The average Bonchev–Trinajstić information content (AvgIpc) is 2.31. The Kier molecular flexibility index (Phi) is 7.93. The highest BCUT2D eigenvalue weighted by Crippen LogP contribution is 2.08. The van der Waals surface area contributed by atoms with Crippen molar-refractivity contribution >= 4 is 5.84 Å². The Morgan fingerprint density at radius 2 is 2.12 bits per heavy atom. The minimum absolute atomic E-state index is 0.0648. The van der Waals surface area contributed by atoms with Crippen molar-refractivity contribution < 1.29 is 9.94 Å². The molecule has 0 aliphatic carbocycles. The zero-order valence-electron chi connectivity index (χ0n) is 10.8. The molecule has 5 nitrogen and oxygen atoms in total. The van der Waals surface area contributed by atoms with E-state index in [0.717, 1.165) is 26.1 Å². The minimum atomic E-state index is 0.0648. The van der Waals surface area contributed by atoms with Gasteiger partial charge >= 0.3 is 0 Å². The third kappa shape index (κ3) is 5.32. The van der Waals surface area contributed by atoms with Gasteiger partial charge in [-0.25, -0.2) is 0 Å². The van der Waals surface area contributed by atoms with Crippen molar-refractivity contribution in [1.82, 2.24) is 4.90 Å². The SMILES string of the molecule is CCN(CC(C)C(N)=NO)C(C)CCOC. The molecule has 0 aromatic heterocycles. The van der Waals surface area contributed by atoms with Crippen molar-refractivity contribution in [3.05, 3.63) is 0 Å². The normalized spacial score (nSPS) is 16.4. The predicted octanol–water partition coefficient (Wildman–Crippen LogP) is 1.12. The van der Waals surface area contributed by atoms with Crippen LogP contribution in [0.15, 0.2) is 5.16 Å². The summed E-state index contributed by atoms with van der Waals surface area (Å²) in [6, 6.07) is 0.443. The van der Waals surface area contributed by atoms with Crippen LogP contribution in [-0.2, 0) is 4.74 Å². The predicted molar refractivity (Wildman–Crippen MR) is 65.8 cm³/mol. The van der Waals surface area contributed by atoms with Crippen LogP contribution in [0.5, 0.6) is 0 Å². The van der Waals surface area contributed by atoms with Crippen molar-refractivity contribution in [3.63, 3.8) is 0 Å². The molecule has 0 amide bonds. The Hall–Kier alpha value is -0.810. The van der Waals surface area contributed by atoms with Gasteiger partial charge in [0.05, 0.1) is 0 Å². The van der Waals surface area contributed by atoms with E-state index in [1.807, 2.05) is 6.92 Å². The number of ether oxygens (including phenoxy) is 1. The molecular weight excluding hydrogens is 206 g/mol. The maximum absolute atomic E-state index is 8.60. The second kappa shape index (κ2) is 8.35. The summed E-state index contributed by atoms with van der Waals surface area (Å²) >= 11 is 0. The Balaban J connectivity index is 4.17. The van der Waals surface area contributed by atoms with Gasteiger partial charge in [-0.3, -0.25) is 0 Å². The van der Waals surface area contributed by atoms with Crippen molar-refractivity contribution in [2.75, 3.05) is 26.8 Å². The van der Waals surface area contributed by atoms with Gasteiger partial charge in [0.1, 0.15) is 5.84 Å². The summed E-state index contributed by atoms with van der Waals surface area (Å²) in [7, 11) is 1.71. The molecule has 0 rings (SSSR count). The average molecular weight is 231 g/mol. The molecule has 16 heavy (non-hydrogen) atoms. The van der Waals surface area contributed by atoms with E-state index in [2.05, 4.69) is 23.9 Å². The Morgan fingerprint density at radius 3 is 2.56 bits per heavy atom. The second-order valence-corrected chi connectivity index (χ2v) is 4.14. The van der Waals surface area contributed by atoms with Gasteiger partial charge < -0.3 is 20.6 Å². The standard InChI is InChI=1S/C11H25N3O2/c1-5-14(10(3)6-7-16-4)8-9(2)11(12)13-15/h9-10,15H,5-8H2,1-4H3,(H2,12,13). The molecule has 2 atom stereocenters. The molecule has 0 fully saturated rings. The number of oxime groups is 1. The number of nitrogens with two attached hydrogens (primary N) is 1. The van der Waals surface area contributed by atoms with E-state index in [1.165, 1.54) is 0 Å². The highest BCUT2D eigenvalue weighted by Gasteiger charge is 2.17. The van der Waals surface area contributed by atoms with Crippen molar-refractivity contribution in [1.29, 1.82) is 0 Å². The molecule has 0 bridgehead atoms. The van der Waals surface area contributed by atoms with Crippen LogP contribution >= 0.6 is 0 Å². The van der Waals surface area contributed by atoms with Crippen LogP contribution in [0.2, 0.25) is 0 Å². The summed E-state index contributed by atoms with van der Waals surface area (Å²) in [5.74, 6) is 0.354. The maximum atomic E-state index is 8.60. The zero-order valence-corrected chi connectivity index (χ0v) is 10.8. The summed E-state index contributed by atoms with van der Waals surface area (Å²) in [5.41, 5.74) is 5.57. The van der Waals surface area contributed by atoms with E-state index in [4.69, 9.17) is 15.7 Å². The van der Waals surface area contributed by atoms with Gasteiger partial charge in [0, 0.05) is 32.2 Å². The molecule has 0 heterocycles. The molecular formula is C11H25N3O2. The molecule has 0 spiro atoms. The first-order valence-electron chi connectivity index (χ1n) is 5.77. The Morgan fingerprint density at radius 1 is 1.50 bits per heavy atom. The first kappa shape index (κ1) is 15.2. The van der Waals surface area contributed by atoms with E-state index >= 15 is 0 Å². The molecule has 0 aliphatic heterocycles. The Labute approximate surface area is 98.2 Å². The number of methoxy groups -OCH3 is 1. The van der Waals surface area contributed by atoms with E-state index in [-0.39, 0.29) is 11.8 Å². The van der Waals surface area contributed by atoms with Crippen LogP contribution in [-0.4, -0.2) is 48.8 Å². The summed E-state index contributed by atoms with van der Waals surface area (Å²) in [6.45, 7) is 8.76. The molecule has 0 aromatic rings. The molecule has 0 saturated heterocycles. The fourth-order valence-corrected chi connectivity index (χ4v) is 1.64. The monoisotopic (exact) mass is 231 g/mol. The lowest BCUT2D eigenvalue weighted by molar-refractivity contribution is 0.136. The third-order valence-electron chi connectivity index (χ3n) is 2.90. The highest BCUT2D eigenvalue weighted by atomic mass is 16.5. The lowest BCUT2D eigenvalue weighted by Gasteiger charge is -2.29. The van der Waals surface area contributed by atoms with Crippen molar-refractivity contribution in [2.24, 2.45) is 16.8 Å². The fraction of sp³-hybridized carbons (Fsp3) is 0.909. The molecule has 5 heteroatoms. The molecule has 0 aromatic carbocycles. The van der Waals surface area contributed by atoms with Gasteiger partial charge in [-0.2, -0.15) is 0 Å². The molecule has 0 aliphatic rings. The first-order chi connectivity index (χ1) is 7.56. The minimum Gasteiger partial charge on any atom is -0.409 e. The van der Waals surface area contributed by atoms with Crippen LogP contribution < -0.4 is 5.73 Å². The second-order valence-electron chi connectivity index (χ2n) is 4.14. The lowest BCUT2D eigenvalue weighted by Crippen LogP contribution is -2.40. The van der Waals surface area contributed by atoms with Crippen LogP contribution in [0.25, 0.3) is 0 Å². The number of hydrogen-bond donors (Lipinski definition) is 2. The zero-order chi connectivity index (χ0) is 12.6. The summed E-state index contributed by atoms with van der Waals surface area (Å²) in [6.07, 6.45) is 0.993. The molecule has 2 unspecified atom stereocenters. The van der Waals surface area contributed by atoms with E-state index in [9.17, 15) is 0 Å². The van der Waals surface area contributed by atoms with Crippen LogP contribution in [0, 0.1) is 5.92 Å². The fourth-order valence-electron chi connectivity index (χ4n) is 1.64. The van der Waals surface area contributed by atoms with Gasteiger partial charge in [0.25, 0.3) is 0 Å². The number of rotatable bonds is 8. The van der Waals surface area contributed by atoms with Gasteiger partial charge in [-0.1, -0.05) is 19.0 Å². The molecule has 0 radical (unpaired) electrons. The third-order valence-corrected chi connectivity index (χ3v) is 2.90. The van der Waals surface area contributed by atoms with Gasteiger partial charge in [-0.15, -0.1) is 0 Å². The first-order valence-corrected chi connectivity index (χ1v) is 5.77. The molecule has 0 saturated carbocycles. The maximum Gasteiger partial charge on any atom is 0.143 e. The van der Waals surface area contributed by atoms with Gasteiger partial charge in [0.15, 0.2) is 0 Å². The number of amidine groups is 1. The summed E-state index contributed by atoms with van der Waals surface area (Å²) < 4.78 is 5.07. The molecule has 96 valence electrons. The number of nitrogens with zero attached hydrogens (tertiary/aromatic N) is 2. The summed E-state index contributed by atoms with van der Waals surface area (Å²) in [4.78, 5) is 2.31.